The molecule has 2 rings (SSSR count). The highest BCUT2D eigenvalue weighted by Crippen LogP contribution is 2.34. The first-order valence-corrected chi connectivity index (χ1v) is 6.44. The summed E-state index contributed by atoms with van der Waals surface area (Å²) in [6.45, 7) is 2.35. The summed E-state index contributed by atoms with van der Waals surface area (Å²) in [6.07, 6.45) is 2.57. The smallest absolute Gasteiger partial charge is 0.248 e. The van der Waals surface area contributed by atoms with Crippen LogP contribution in [0.25, 0.3) is 0 Å². The van der Waals surface area contributed by atoms with Gasteiger partial charge in [-0.05, 0) is 18.8 Å². The molecule has 0 saturated heterocycles. The summed E-state index contributed by atoms with van der Waals surface area (Å²) in [5.74, 6) is -1.53. The van der Waals surface area contributed by atoms with Crippen molar-refractivity contribution in [3.05, 3.63) is 0 Å². The molecule has 1 saturated carbocycles. The molecule has 18 heavy (non-hydrogen) atoms. The number of halogens is 3. The summed E-state index contributed by atoms with van der Waals surface area (Å²) < 4.78 is 26.8. The predicted octanol–water partition coefficient (Wildman–Crippen LogP) is 2.71. The molecule has 1 heterocycles. The SMILES string of the molecule is CN1CCN=C1NCC1CCCCC(F)(F)C1.I. The van der Waals surface area contributed by atoms with Crippen LogP contribution in [0.15, 0.2) is 4.99 Å². The number of guanidine groups is 1. The Morgan fingerprint density at radius 2 is 2.22 bits per heavy atom. The van der Waals surface area contributed by atoms with Crippen LogP contribution in [0.2, 0.25) is 0 Å². The van der Waals surface area contributed by atoms with Crippen molar-refractivity contribution in [1.29, 1.82) is 0 Å². The summed E-state index contributed by atoms with van der Waals surface area (Å²) in [7, 11) is 1.97. The topological polar surface area (TPSA) is 27.6 Å². The Morgan fingerprint density at radius 3 is 2.89 bits per heavy atom. The summed E-state index contributed by atoms with van der Waals surface area (Å²) in [5, 5.41) is 3.21. The van der Waals surface area contributed by atoms with Crippen LogP contribution in [-0.4, -0.2) is 43.5 Å². The molecule has 6 heteroatoms. The summed E-state index contributed by atoms with van der Waals surface area (Å²) >= 11 is 0. The Morgan fingerprint density at radius 1 is 1.44 bits per heavy atom. The van der Waals surface area contributed by atoms with Crippen LogP contribution in [-0.2, 0) is 0 Å². The van der Waals surface area contributed by atoms with E-state index in [1.54, 1.807) is 0 Å². The molecule has 0 radical (unpaired) electrons. The van der Waals surface area contributed by atoms with Gasteiger partial charge in [0.15, 0.2) is 5.96 Å². The third-order valence-electron chi connectivity index (χ3n) is 3.60. The Bertz CT molecular complexity index is 297. The largest absolute Gasteiger partial charge is 0.356 e. The van der Waals surface area contributed by atoms with Crippen molar-refractivity contribution in [1.82, 2.24) is 10.2 Å². The van der Waals surface area contributed by atoms with E-state index in [4.69, 9.17) is 0 Å². The molecular formula is C12H22F2IN3. The lowest BCUT2D eigenvalue weighted by Crippen LogP contribution is -2.39. The molecule has 1 atom stereocenters. The van der Waals surface area contributed by atoms with Gasteiger partial charge >= 0.3 is 0 Å². The molecule has 0 spiro atoms. The molecule has 1 aliphatic heterocycles. The van der Waals surface area contributed by atoms with Gasteiger partial charge in [-0.1, -0.05) is 6.42 Å². The first-order valence-electron chi connectivity index (χ1n) is 6.44. The van der Waals surface area contributed by atoms with Gasteiger partial charge in [-0.3, -0.25) is 4.99 Å². The molecule has 0 aromatic carbocycles. The maximum absolute atomic E-state index is 13.4. The van der Waals surface area contributed by atoms with Crippen LogP contribution in [0, 0.1) is 5.92 Å². The van der Waals surface area contributed by atoms with E-state index in [1.807, 2.05) is 11.9 Å². The van der Waals surface area contributed by atoms with Crippen molar-refractivity contribution in [2.24, 2.45) is 10.9 Å². The molecular weight excluding hydrogens is 351 g/mol. The fraction of sp³-hybridized carbons (Fsp3) is 0.917. The number of aliphatic imine (C=N–C) groups is 1. The highest BCUT2D eigenvalue weighted by atomic mass is 127. The van der Waals surface area contributed by atoms with E-state index in [2.05, 4.69) is 10.3 Å². The molecule has 1 unspecified atom stereocenters. The van der Waals surface area contributed by atoms with Crippen LogP contribution in [0.4, 0.5) is 8.78 Å². The number of alkyl halides is 2. The van der Waals surface area contributed by atoms with Crippen LogP contribution in [0.3, 0.4) is 0 Å². The van der Waals surface area contributed by atoms with Crippen LogP contribution >= 0.6 is 24.0 Å². The highest BCUT2D eigenvalue weighted by molar-refractivity contribution is 14.0. The van der Waals surface area contributed by atoms with E-state index in [-0.39, 0.29) is 42.7 Å². The second-order valence-electron chi connectivity index (χ2n) is 5.18. The summed E-state index contributed by atoms with van der Waals surface area (Å²) in [4.78, 5) is 6.34. The maximum atomic E-state index is 13.4. The molecule has 1 N–H and O–H groups in total. The van der Waals surface area contributed by atoms with E-state index in [0.717, 1.165) is 31.9 Å². The van der Waals surface area contributed by atoms with Gasteiger partial charge in [0.2, 0.25) is 5.92 Å². The normalized spacial score (nSPS) is 27.2. The Labute approximate surface area is 124 Å². The minimum Gasteiger partial charge on any atom is -0.356 e. The first-order chi connectivity index (χ1) is 8.07. The molecule has 3 nitrogen and oxygen atoms in total. The van der Waals surface area contributed by atoms with Crippen molar-refractivity contribution in [2.75, 3.05) is 26.7 Å². The molecule has 0 aromatic rings. The molecule has 1 aliphatic carbocycles. The number of hydrogen-bond donors (Lipinski definition) is 1. The minimum atomic E-state index is -2.47. The van der Waals surface area contributed by atoms with Gasteiger partial charge < -0.3 is 10.2 Å². The fourth-order valence-corrected chi connectivity index (χ4v) is 2.58. The third kappa shape index (κ3) is 4.51. The average molecular weight is 373 g/mol. The fourth-order valence-electron chi connectivity index (χ4n) is 2.58. The zero-order chi connectivity index (χ0) is 12.3. The van der Waals surface area contributed by atoms with E-state index in [9.17, 15) is 8.78 Å². The Balaban J connectivity index is 0.00000162. The second kappa shape index (κ2) is 6.86. The van der Waals surface area contributed by atoms with Gasteiger partial charge in [0.25, 0.3) is 0 Å². The average Bonchev–Trinajstić information content (AvgIpc) is 2.57. The third-order valence-corrected chi connectivity index (χ3v) is 3.60. The lowest BCUT2D eigenvalue weighted by atomic mass is 9.99. The van der Waals surface area contributed by atoms with Crippen molar-refractivity contribution in [3.8, 4) is 0 Å². The molecule has 106 valence electrons. The number of nitrogens with zero attached hydrogens (tertiary/aromatic N) is 2. The second-order valence-corrected chi connectivity index (χ2v) is 5.18. The molecule has 1 fully saturated rings. The van der Waals surface area contributed by atoms with Crippen molar-refractivity contribution >= 4 is 29.9 Å². The number of likely N-dealkylation sites (N-methyl/N-ethyl adjacent to an activating group) is 1. The Hall–Kier alpha value is -0.140. The lowest BCUT2D eigenvalue weighted by molar-refractivity contribution is -0.0245. The maximum Gasteiger partial charge on any atom is 0.248 e. The molecule has 2 aliphatic rings. The van der Waals surface area contributed by atoms with Crippen LogP contribution < -0.4 is 5.32 Å². The van der Waals surface area contributed by atoms with E-state index >= 15 is 0 Å². The highest BCUT2D eigenvalue weighted by Gasteiger charge is 2.34. The summed E-state index contributed by atoms with van der Waals surface area (Å²) in [5.41, 5.74) is 0. The number of nitrogens with one attached hydrogen (secondary N) is 1. The van der Waals surface area contributed by atoms with Gasteiger partial charge in [0.05, 0.1) is 6.54 Å². The van der Waals surface area contributed by atoms with Gasteiger partial charge in [-0.15, -0.1) is 24.0 Å². The van der Waals surface area contributed by atoms with E-state index < -0.39 is 5.92 Å². The zero-order valence-electron chi connectivity index (χ0n) is 10.8. The van der Waals surface area contributed by atoms with Crippen LogP contribution in [0.5, 0.6) is 0 Å². The zero-order valence-corrected chi connectivity index (χ0v) is 13.1. The number of hydrogen-bond acceptors (Lipinski definition) is 3. The predicted molar refractivity (Wildman–Crippen MR) is 79.9 cm³/mol. The van der Waals surface area contributed by atoms with Crippen molar-refractivity contribution in [2.45, 2.75) is 38.0 Å². The van der Waals surface area contributed by atoms with Gasteiger partial charge in [-0.25, -0.2) is 8.78 Å². The molecule has 0 aromatic heterocycles. The van der Waals surface area contributed by atoms with Gasteiger partial charge in [-0.2, -0.15) is 0 Å². The monoisotopic (exact) mass is 373 g/mol. The quantitative estimate of drug-likeness (QED) is 0.596. The molecule has 0 bridgehead atoms. The van der Waals surface area contributed by atoms with Gasteiger partial charge in [0, 0.05) is 33.0 Å². The number of rotatable bonds is 2. The summed E-state index contributed by atoms with van der Waals surface area (Å²) in [6, 6.07) is 0. The van der Waals surface area contributed by atoms with Crippen LogP contribution in [0.1, 0.15) is 32.1 Å². The van der Waals surface area contributed by atoms with E-state index in [1.165, 1.54) is 0 Å². The van der Waals surface area contributed by atoms with Gasteiger partial charge in [0.1, 0.15) is 0 Å². The Kier molecular flexibility index (Phi) is 6.07. The van der Waals surface area contributed by atoms with Crippen molar-refractivity contribution in [3.63, 3.8) is 0 Å². The standard InChI is InChI=1S/C12H21F2N3.HI/c1-17-7-6-15-11(17)16-9-10-4-2-3-5-12(13,14)8-10;/h10H,2-9H2,1H3,(H,15,16);1H. The minimum absolute atomic E-state index is 0. The van der Waals surface area contributed by atoms with Crippen molar-refractivity contribution < 1.29 is 8.78 Å². The first kappa shape index (κ1) is 15.9. The lowest BCUT2D eigenvalue weighted by Gasteiger charge is -2.22. The van der Waals surface area contributed by atoms with E-state index in [0.29, 0.717) is 13.0 Å². The molecule has 0 amide bonds.